The van der Waals surface area contributed by atoms with Gasteiger partial charge in [0.15, 0.2) is 0 Å². The van der Waals surface area contributed by atoms with Crippen LogP contribution in [0.15, 0.2) is 18.0 Å². The first-order valence-corrected chi connectivity index (χ1v) is 5.64. The number of aromatic nitrogens is 2. The maximum atomic E-state index is 10.9. The third-order valence-electron chi connectivity index (χ3n) is 2.98. The van der Waals surface area contributed by atoms with Gasteiger partial charge in [0.05, 0.1) is 17.6 Å². The molecule has 1 aromatic rings. The third-order valence-corrected chi connectivity index (χ3v) is 2.98. The predicted molar refractivity (Wildman–Crippen MR) is 74.9 cm³/mol. The number of aliphatic hydroxyl groups is 3. The largest absolute Gasteiger partial charge is 0.392 e. The van der Waals surface area contributed by atoms with E-state index >= 15 is 0 Å². The molecule has 10 nitrogen and oxygen atoms in total. The minimum atomic E-state index is -1.26. The average molecular weight is 320 g/mol. The van der Waals surface area contributed by atoms with Crippen LogP contribution >= 0.6 is 12.4 Å². The summed E-state index contributed by atoms with van der Waals surface area (Å²) in [5, 5.41) is 42.0. The molecule has 21 heavy (non-hydrogen) atoms. The second-order valence-corrected chi connectivity index (χ2v) is 4.22. The quantitative estimate of drug-likeness (QED) is 0.260. The highest BCUT2D eigenvalue weighted by molar-refractivity contribution is 5.85. The van der Waals surface area contributed by atoms with Gasteiger partial charge in [-0.05, 0) is 5.57 Å². The monoisotopic (exact) mass is 319 g/mol. The number of anilines is 2. The highest BCUT2D eigenvalue weighted by atomic mass is 35.5. The normalized spacial score (nSPS) is 24.1. The van der Waals surface area contributed by atoms with Crippen molar-refractivity contribution < 1.29 is 20.2 Å². The Kier molecular flexibility index (Phi) is 5.38. The second-order valence-electron chi connectivity index (χ2n) is 4.22. The first-order valence-electron chi connectivity index (χ1n) is 5.64. The van der Waals surface area contributed by atoms with Gasteiger partial charge in [-0.1, -0.05) is 6.08 Å². The van der Waals surface area contributed by atoms with E-state index in [4.69, 9.17) is 10.8 Å². The number of nitro groups is 1. The lowest BCUT2D eigenvalue weighted by atomic mass is 10.1. The SMILES string of the molecule is Cl.Nc1ncnc(NC2C=C(CO)C(O)C2O)c1[N+](=O)[O-]. The van der Waals surface area contributed by atoms with E-state index in [0.717, 1.165) is 6.33 Å². The number of nitrogen functional groups attached to an aromatic ring is 1. The Morgan fingerprint density at radius 1 is 1.43 bits per heavy atom. The van der Waals surface area contributed by atoms with Gasteiger partial charge in [0.2, 0.25) is 11.6 Å². The predicted octanol–water partition coefficient (Wildman–Crippen LogP) is -1.18. The lowest BCUT2D eigenvalue weighted by Gasteiger charge is -2.18. The van der Waals surface area contributed by atoms with E-state index in [0.29, 0.717) is 0 Å². The zero-order chi connectivity index (χ0) is 14.9. The molecule has 2 rings (SSSR count). The molecule has 0 amide bonds. The van der Waals surface area contributed by atoms with Crippen LogP contribution in [0.2, 0.25) is 0 Å². The molecule has 1 aromatic heterocycles. The Bertz CT molecular complexity index is 569. The van der Waals surface area contributed by atoms with E-state index in [9.17, 15) is 20.3 Å². The van der Waals surface area contributed by atoms with E-state index in [1.807, 2.05) is 0 Å². The highest BCUT2D eigenvalue weighted by Crippen LogP contribution is 2.29. The van der Waals surface area contributed by atoms with Crippen LogP contribution in [0.25, 0.3) is 0 Å². The van der Waals surface area contributed by atoms with Crippen molar-refractivity contribution in [2.45, 2.75) is 18.2 Å². The van der Waals surface area contributed by atoms with E-state index in [1.165, 1.54) is 6.08 Å². The van der Waals surface area contributed by atoms with Crippen molar-refractivity contribution in [2.24, 2.45) is 0 Å². The molecular weight excluding hydrogens is 306 g/mol. The summed E-state index contributed by atoms with van der Waals surface area (Å²) in [6.07, 6.45) is -0.0696. The molecule has 11 heteroatoms. The fourth-order valence-corrected chi connectivity index (χ4v) is 1.95. The third kappa shape index (κ3) is 3.19. The molecule has 0 aliphatic heterocycles. The van der Waals surface area contributed by atoms with Crippen LogP contribution in [0.3, 0.4) is 0 Å². The van der Waals surface area contributed by atoms with Gasteiger partial charge >= 0.3 is 5.69 Å². The van der Waals surface area contributed by atoms with Gasteiger partial charge < -0.3 is 26.4 Å². The zero-order valence-corrected chi connectivity index (χ0v) is 11.4. The Balaban J connectivity index is 0.00000220. The van der Waals surface area contributed by atoms with Crippen LogP contribution in [0, 0.1) is 10.1 Å². The highest BCUT2D eigenvalue weighted by Gasteiger charge is 2.35. The topological polar surface area (TPSA) is 168 Å². The van der Waals surface area contributed by atoms with Crippen molar-refractivity contribution in [3.8, 4) is 0 Å². The summed E-state index contributed by atoms with van der Waals surface area (Å²) in [6.45, 7) is -0.426. The summed E-state index contributed by atoms with van der Waals surface area (Å²) in [5.74, 6) is -0.485. The fourth-order valence-electron chi connectivity index (χ4n) is 1.95. The van der Waals surface area contributed by atoms with Gasteiger partial charge in [0.1, 0.15) is 18.5 Å². The Hall–Kier alpha value is -2.01. The van der Waals surface area contributed by atoms with Crippen molar-refractivity contribution in [3.63, 3.8) is 0 Å². The first-order chi connectivity index (χ1) is 9.45. The minimum Gasteiger partial charge on any atom is -0.392 e. The number of nitrogens with one attached hydrogen (secondary N) is 1. The second kappa shape index (κ2) is 6.63. The Morgan fingerprint density at radius 2 is 2.10 bits per heavy atom. The Morgan fingerprint density at radius 3 is 2.62 bits per heavy atom. The lowest BCUT2D eigenvalue weighted by molar-refractivity contribution is -0.383. The molecule has 1 aliphatic rings. The molecule has 3 atom stereocenters. The molecule has 0 saturated carbocycles. The van der Waals surface area contributed by atoms with Crippen LogP contribution in [-0.2, 0) is 0 Å². The van der Waals surface area contributed by atoms with Gasteiger partial charge in [-0.3, -0.25) is 10.1 Å². The number of hydrogen-bond donors (Lipinski definition) is 5. The van der Waals surface area contributed by atoms with Crippen molar-refractivity contribution in [1.29, 1.82) is 0 Å². The molecule has 0 radical (unpaired) electrons. The number of aliphatic hydroxyl groups excluding tert-OH is 3. The molecule has 1 aliphatic carbocycles. The molecule has 0 fully saturated rings. The van der Waals surface area contributed by atoms with Crippen LogP contribution in [0.5, 0.6) is 0 Å². The van der Waals surface area contributed by atoms with E-state index in [1.54, 1.807) is 0 Å². The van der Waals surface area contributed by atoms with Gasteiger partial charge in [0, 0.05) is 0 Å². The first kappa shape index (κ1) is 17.0. The zero-order valence-electron chi connectivity index (χ0n) is 10.6. The minimum absolute atomic E-state index is 0. The summed E-state index contributed by atoms with van der Waals surface area (Å²) in [6, 6.07) is -0.833. The Labute approximate surface area is 124 Å². The van der Waals surface area contributed by atoms with E-state index in [-0.39, 0.29) is 29.6 Å². The average Bonchev–Trinajstić information content (AvgIpc) is 2.66. The van der Waals surface area contributed by atoms with E-state index in [2.05, 4.69) is 15.3 Å². The summed E-state index contributed by atoms with van der Waals surface area (Å²) in [5.41, 5.74) is 5.12. The van der Waals surface area contributed by atoms with Crippen LogP contribution in [-0.4, -0.2) is 55.1 Å². The van der Waals surface area contributed by atoms with Gasteiger partial charge in [0.25, 0.3) is 0 Å². The number of nitrogens with two attached hydrogens (primary N) is 1. The fraction of sp³-hybridized carbons (Fsp3) is 0.400. The molecular formula is C10H14ClN5O5. The molecule has 0 aromatic carbocycles. The van der Waals surface area contributed by atoms with Crippen LogP contribution in [0.4, 0.5) is 17.3 Å². The molecule has 0 bridgehead atoms. The molecule has 1 heterocycles. The maximum absolute atomic E-state index is 10.9. The van der Waals surface area contributed by atoms with Crippen molar-refractivity contribution in [3.05, 3.63) is 28.1 Å². The van der Waals surface area contributed by atoms with Gasteiger partial charge in [-0.15, -0.1) is 12.4 Å². The number of nitrogens with zero attached hydrogens (tertiary/aromatic N) is 3. The number of hydrogen-bond acceptors (Lipinski definition) is 9. The molecule has 0 saturated heterocycles. The van der Waals surface area contributed by atoms with Gasteiger partial charge in [-0.25, -0.2) is 9.97 Å². The van der Waals surface area contributed by atoms with Crippen molar-refractivity contribution in [1.82, 2.24) is 9.97 Å². The summed E-state index contributed by atoms with van der Waals surface area (Å²) in [4.78, 5) is 17.4. The van der Waals surface area contributed by atoms with Crippen molar-refractivity contribution in [2.75, 3.05) is 17.7 Å². The molecule has 3 unspecified atom stereocenters. The van der Waals surface area contributed by atoms with Crippen LogP contribution < -0.4 is 11.1 Å². The van der Waals surface area contributed by atoms with Crippen LogP contribution in [0.1, 0.15) is 0 Å². The smallest absolute Gasteiger partial charge is 0.353 e. The number of rotatable bonds is 4. The van der Waals surface area contributed by atoms with Crippen molar-refractivity contribution >= 4 is 29.7 Å². The molecule has 6 N–H and O–H groups in total. The maximum Gasteiger partial charge on any atom is 0.353 e. The molecule has 116 valence electrons. The summed E-state index contributed by atoms with van der Waals surface area (Å²) in [7, 11) is 0. The van der Waals surface area contributed by atoms with E-state index < -0.39 is 35.5 Å². The van der Waals surface area contributed by atoms with Gasteiger partial charge in [-0.2, -0.15) is 0 Å². The standard InChI is InChI=1S/C10H13N5O5.ClH/c11-9-6(15(19)20)10(13-3-12-9)14-5-1-4(2-16)7(17)8(5)18;/h1,3,5,7-8,16-18H,2H2,(H3,11,12,13,14);1H. The number of halogens is 1. The summed E-state index contributed by atoms with van der Waals surface area (Å²) >= 11 is 0. The summed E-state index contributed by atoms with van der Waals surface area (Å²) < 4.78 is 0. The molecule has 0 spiro atoms. The lowest BCUT2D eigenvalue weighted by Crippen LogP contribution is -2.36.